The minimum atomic E-state index is 0.0306. The topological polar surface area (TPSA) is 58.1 Å². The fourth-order valence-electron chi connectivity index (χ4n) is 4.37. The van der Waals surface area contributed by atoms with Gasteiger partial charge in [-0.1, -0.05) is 48.5 Å². The molecule has 1 N–H and O–H groups in total. The van der Waals surface area contributed by atoms with Gasteiger partial charge in [-0.2, -0.15) is 0 Å². The maximum Gasteiger partial charge on any atom is 0.167 e. The van der Waals surface area contributed by atoms with Gasteiger partial charge < -0.3 is 5.32 Å². The fraction of sp³-hybridized carbons (Fsp3) is 0.269. The van der Waals surface area contributed by atoms with Crippen LogP contribution in [0.1, 0.15) is 33.9 Å². The number of para-hydroxylation sites is 1. The van der Waals surface area contributed by atoms with Crippen LogP contribution < -0.4 is 5.32 Å². The van der Waals surface area contributed by atoms with Gasteiger partial charge in [0.2, 0.25) is 0 Å². The van der Waals surface area contributed by atoms with E-state index in [4.69, 9.17) is 9.97 Å². The Morgan fingerprint density at radius 3 is 2.72 bits per heavy atom. The number of nitrogens with zero attached hydrogens (tertiary/aromatic N) is 3. The number of hydrogen-bond donors (Lipinski definition) is 1. The van der Waals surface area contributed by atoms with Crippen LogP contribution in [0.3, 0.4) is 0 Å². The third kappa shape index (κ3) is 4.71. The van der Waals surface area contributed by atoms with Gasteiger partial charge >= 0.3 is 0 Å². The van der Waals surface area contributed by atoms with Gasteiger partial charge in [0, 0.05) is 28.3 Å². The number of likely N-dealkylation sites (tertiary alicyclic amines) is 1. The van der Waals surface area contributed by atoms with E-state index < -0.39 is 0 Å². The van der Waals surface area contributed by atoms with Crippen molar-refractivity contribution in [1.82, 2.24) is 14.9 Å². The number of carbonyl (C=O) groups excluding carboxylic acids is 1. The van der Waals surface area contributed by atoms with Crippen molar-refractivity contribution in [3.05, 3.63) is 88.4 Å². The van der Waals surface area contributed by atoms with E-state index in [1.54, 1.807) is 11.3 Å². The Labute approximate surface area is 192 Å². The SMILES string of the molecule is O=C(c1ccccc1)C1CCCN(Cc2nc(NCc3cccs3)c3ccccc3n2)C1. The van der Waals surface area contributed by atoms with Crippen LogP contribution in [0.5, 0.6) is 0 Å². The highest BCUT2D eigenvalue weighted by Gasteiger charge is 2.27. The van der Waals surface area contributed by atoms with E-state index in [0.717, 1.165) is 60.6 Å². The molecule has 5 nitrogen and oxygen atoms in total. The third-order valence-electron chi connectivity index (χ3n) is 5.96. The van der Waals surface area contributed by atoms with Crippen LogP contribution in [0.15, 0.2) is 72.1 Å². The number of carbonyl (C=O) groups is 1. The number of fused-ring (bicyclic) bond motifs is 1. The minimum absolute atomic E-state index is 0.0306. The van der Waals surface area contributed by atoms with Gasteiger partial charge in [0.25, 0.3) is 0 Å². The molecule has 1 fully saturated rings. The molecule has 3 heterocycles. The molecule has 32 heavy (non-hydrogen) atoms. The molecule has 1 saturated heterocycles. The molecule has 0 saturated carbocycles. The second-order valence-corrected chi connectivity index (χ2v) is 9.28. The second kappa shape index (κ2) is 9.59. The number of piperidine rings is 1. The third-order valence-corrected chi connectivity index (χ3v) is 6.84. The molecule has 6 heteroatoms. The second-order valence-electron chi connectivity index (χ2n) is 8.24. The Kier molecular flexibility index (Phi) is 6.23. The predicted molar refractivity (Wildman–Crippen MR) is 130 cm³/mol. The molecular formula is C26H26N4OS. The minimum Gasteiger partial charge on any atom is -0.365 e. The smallest absolute Gasteiger partial charge is 0.167 e. The van der Waals surface area contributed by atoms with Gasteiger partial charge in [0.15, 0.2) is 5.78 Å². The molecular weight excluding hydrogens is 416 g/mol. The van der Waals surface area contributed by atoms with Gasteiger partial charge in [-0.15, -0.1) is 11.3 Å². The highest BCUT2D eigenvalue weighted by molar-refractivity contribution is 7.09. The highest BCUT2D eigenvalue weighted by Crippen LogP contribution is 2.25. The van der Waals surface area contributed by atoms with Gasteiger partial charge in [-0.25, -0.2) is 9.97 Å². The van der Waals surface area contributed by atoms with E-state index in [1.165, 1.54) is 4.88 Å². The summed E-state index contributed by atoms with van der Waals surface area (Å²) in [5.74, 6) is 1.94. The highest BCUT2D eigenvalue weighted by atomic mass is 32.1. The number of thiophene rings is 1. The zero-order chi connectivity index (χ0) is 21.8. The lowest BCUT2D eigenvalue weighted by Gasteiger charge is -2.31. The summed E-state index contributed by atoms with van der Waals surface area (Å²) in [6.07, 6.45) is 1.96. The summed E-state index contributed by atoms with van der Waals surface area (Å²) >= 11 is 1.74. The number of anilines is 1. The van der Waals surface area contributed by atoms with Crippen molar-refractivity contribution in [3.63, 3.8) is 0 Å². The van der Waals surface area contributed by atoms with Crippen molar-refractivity contribution in [2.45, 2.75) is 25.9 Å². The summed E-state index contributed by atoms with van der Waals surface area (Å²) in [4.78, 5) is 26.3. The summed E-state index contributed by atoms with van der Waals surface area (Å²) in [5, 5.41) is 6.62. The molecule has 162 valence electrons. The van der Waals surface area contributed by atoms with Crippen molar-refractivity contribution < 1.29 is 4.79 Å². The molecule has 2 aromatic heterocycles. The van der Waals surface area contributed by atoms with Crippen LogP contribution in [0.4, 0.5) is 5.82 Å². The lowest BCUT2D eigenvalue weighted by molar-refractivity contribution is 0.0808. The molecule has 0 bridgehead atoms. The maximum absolute atomic E-state index is 13.0. The van der Waals surface area contributed by atoms with E-state index in [0.29, 0.717) is 6.54 Å². The Morgan fingerprint density at radius 2 is 1.88 bits per heavy atom. The Balaban J connectivity index is 1.33. The van der Waals surface area contributed by atoms with E-state index in [-0.39, 0.29) is 11.7 Å². The van der Waals surface area contributed by atoms with Gasteiger partial charge in [-0.3, -0.25) is 9.69 Å². The van der Waals surface area contributed by atoms with Crippen molar-refractivity contribution in [2.24, 2.45) is 5.92 Å². The molecule has 5 rings (SSSR count). The standard InChI is InChI=1S/C26H26N4OS/c31-25(19-8-2-1-3-9-19)20-10-6-14-30(17-20)18-24-28-23-13-5-4-12-22(23)26(29-24)27-16-21-11-7-15-32-21/h1-5,7-9,11-13,15,20H,6,10,14,16-18H2,(H,27,28,29). The van der Waals surface area contributed by atoms with Gasteiger partial charge in [0.05, 0.1) is 18.6 Å². The molecule has 1 aliphatic heterocycles. The number of benzene rings is 2. The average Bonchev–Trinajstić information content (AvgIpc) is 3.36. The molecule has 0 spiro atoms. The van der Waals surface area contributed by atoms with Crippen LogP contribution in [0.2, 0.25) is 0 Å². The zero-order valence-electron chi connectivity index (χ0n) is 17.9. The van der Waals surface area contributed by atoms with Crippen LogP contribution in [0.25, 0.3) is 10.9 Å². The predicted octanol–water partition coefficient (Wildman–Crippen LogP) is 5.40. The molecule has 0 radical (unpaired) electrons. The molecule has 2 aromatic carbocycles. The number of nitrogens with one attached hydrogen (secondary N) is 1. The first kappa shape index (κ1) is 20.8. The van der Waals surface area contributed by atoms with E-state index in [2.05, 4.69) is 33.8 Å². The van der Waals surface area contributed by atoms with E-state index in [9.17, 15) is 4.79 Å². The quantitative estimate of drug-likeness (QED) is 0.389. The Bertz CT molecular complexity index is 1190. The Hall–Kier alpha value is -3.09. The summed E-state index contributed by atoms with van der Waals surface area (Å²) in [5.41, 5.74) is 1.75. The monoisotopic (exact) mass is 442 g/mol. The average molecular weight is 443 g/mol. The zero-order valence-corrected chi connectivity index (χ0v) is 18.7. The van der Waals surface area contributed by atoms with E-state index >= 15 is 0 Å². The summed E-state index contributed by atoms with van der Waals surface area (Å²) in [6, 6.07) is 22.0. The maximum atomic E-state index is 13.0. The van der Waals surface area contributed by atoms with Gasteiger partial charge in [-0.05, 0) is 43.0 Å². The molecule has 1 unspecified atom stereocenters. The summed E-state index contributed by atoms with van der Waals surface area (Å²) in [7, 11) is 0. The lowest BCUT2D eigenvalue weighted by atomic mass is 9.90. The van der Waals surface area contributed by atoms with Crippen molar-refractivity contribution in [3.8, 4) is 0 Å². The molecule has 1 atom stereocenters. The lowest BCUT2D eigenvalue weighted by Crippen LogP contribution is -2.38. The summed E-state index contributed by atoms with van der Waals surface area (Å²) in [6.45, 7) is 3.11. The number of ketones is 1. The number of hydrogen-bond acceptors (Lipinski definition) is 6. The first-order valence-electron chi connectivity index (χ1n) is 11.1. The summed E-state index contributed by atoms with van der Waals surface area (Å²) < 4.78 is 0. The largest absolute Gasteiger partial charge is 0.365 e. The number of aromatic nitrogens is 2. The van der Waals surface area contributed by atoms with Crippen molar-refractivity contribution in [1.29, 1.82) is 0 Å². The fourth-order valence-corrected chi connectivity index (χ4v) is 5.01. The molecule has 1 aliphatic rings. The Morgan fingerprint density at radius 1 is 1.03 bits per heavy atom. The molecule has 0 aliphatic carbocycles. The van der Waals surface area contributed by atoms with E-state index in [1.807, 2.05) is 48.5 Å². The first-order chi connectivity index (χ1) is 15.8. The molecule has 0 amide bonds. The number of rotatable bonds is 7. The van der Waals surface area contributed by atoms with Crippen LogP contribution in [0, 0.1) is 5.92 Å². The first-order valence-corrected chi connectivity index (χ1v) is 12.0. The van der Waals surface area contributed by atoms with Crippen molar-refractivity contribution in [2.75, 3.05) is 18.4 Å². The van der Waals surface area contributed by atoms with Crippen LogP contribution in [-0.4, -0.2) is 33.7 Å². The number of Topliss-reactive ketones (excluding diaryl/α,β-unsaturated/α-hetero) is 1. The van der Waals surface area contributed by atoms with Crippen molar-refractivity contribution >= 4 is 33.8 Å². The molecule has 4 aromatic rings. The normalized spacial score (nSPS) is 16.8. The van der Waals surface area contributed by atoms with Crippen LogP contribution >= 0.6 is 11.3 Å². The van der Waals surface area contributed by atoms with Crippen LogP contribution in [-0.2, 0) is 13.1 Å². The van der Waals surface area contributed by atoms with Gasteiger partial charge in [0.1, 0.15) is 11.6 Å².